The highest BCUT2D eigenvalue weighted by atomic mass is 32.1. The molecule has 1 heterocycles. The molecule has 1 aromatic heterocycles. The summed E-state index contributed by atoms with van der Waals surface area (Å²) in [5.74, 6) is 1.63. The molecule has 0 fully saturated rings. The van der Waals surface area contributed by atoms with Crippen LogP contribution in [0.15, 0.2) is 35.6 Å². The summed E-state index contributed by atoms with van der Waals surface area (Å²) in [7, 11) is 0. The fraction of sp³-hybridized carbons (Fsp3) is 0.560. The highest BCUT2D eigenvalue weighted by Crippen LogP contribution is 2.39. The summed E-state index contributed by atoms with van der Waals surface area (Å²) in [6.45, 7) is 18.3. The number of hydrogen-bond acceptors (Lipinski definition) is 2. The number of allylic oxidation sites excluding steroid dienone is 4. The van der Waals surface area contributed by atoms with Crippen LogP contribution in [0, 0.1) is 5.92 Å². The maximum Gasteiger partial charge on any atom is 0.0587 e. The largest absolute Gasteiger partial charge is 0.200 e. The van der Waals surface area contributed by atoms with Gasteiger partial charge in [-0.05, 0) is 72.2 Å². The van der Waals surface area contributed by atoms with Gasteiger partial charge >= 0.3 is 0 Å². The van der Waals surface area contributed by atoms with Crippen molar-refractivity contribution >= 4 is 21.6 Å². The minimum absolute atomic E-state index is 0.520. The summed E-state index contributed by atoms with van der Waals surface area (Å²) >= 11 is 1.66. The van der Waals surface area contributed by atoms with E-state index in [0.717, 1.165) is 19.3 Å². The molecular formula is C25H37NS. The number of hydrogen-bond donors (Lipinski definition) is 0. The average Bonchev–Trinajstić information content (AvgIpc) is 3.11. The van der Waals surface area contributed by atoms with Crippen molar-refractivity contribution in [3.05, 3.63) is 52.3 Å². The lowest BCUT2D eigenvalue weighted by Gasteiger charge is -2.22. The maximum absolute atomic E-state index is 4.57. The first-order valence-corrected chi connectivity index (χ1v) is 11.3. The first-order valence-electron chi connectivity index (χ1n) is 10.6. The third-order valence-electron chi connectivity index (χ3n) is 5.80. The molecule has 27 heavy (non-hydrogen) atoms. The molecule has 2 rings (SSSR count). The van der Waals surface area contributed by atoms with E-state index in [2.05, 4.69) is 84.2 Å². The van der Waals surface area contributed by atoms with E-state index in [-0.39, 0.29) is 0 Å². The molecule has 0 amide bonds. The molecule has 1 nitrogen and oxygen atoms in total. The van der Waals surface area contributed by atoms with Crippen molar-refractivity contribution in [1.29, 1.82) is 0 Å². The molecule has 148 valence electrons. The van der Waals surface area contributed by atoms with Crippen molar-refractivity contribution in [2.75, 3.05) is 0 Å². The number of rotatable bonds is 8. The highest BCUT2D eigenvalue weighted by Gasteiger charge is 2.20. The van der Waals surface area contributed by atoms with Crippen LogP contribution in [0.3, 0.4) is 0 Å². The Bertz CT molecular complexity index is 820. The van der Waals surface area contributed by atoms with Gasteiger partial charge in [0.25, 0.3) is 0 Å². The van der Waals surface area contributed by atoms with Crippen LogP contribution in [0.25, 0.3) is 10.1 Å². The van der Waals surface area contributed by atoms with Crippen LogP contribution in [0.5, 0.6) is 0 Å². The number of fused-ring (bicyclic) bond motifs is 1. The van der Waals surface area contributed by atoms with E-state index >= 15 is 0 Å². The van der Waals surface area contributed by atoms with Gasteiger partial charge in [0.1, 0.15) is 0 Å². The van der Waals surface area contributed by atoms with E-state index in [4.69, 9.17) is 0 Å². The van der Waals surface area contributed by atoms with Crippen LogP contribution < -0.4 is 0 Å². The Morgan fingerprint density at radius 3 is 2.37 bits per heavy atom. The topological polar surface area (TPSA) is 12.9 Å². The summed E-state index contributed by atoms with van der Waals surface area (Å²) in [6, 6.07) is 2.49. The van der Waals surface area contributed by atoms with Gasteiger partial charge in [0.05, 0.1) is 4.70 Å². The van der Waals surface area contributed by atoms with E-state index in [0.29, 0.717) is 17.8 Å². The molecule has 0 aliphatic rings. The molecular weight excluding hydrogens is 346 g/mol. The first kappa shape index (κ1) is 21.9. The summed E-state index contributed by atoms with van der Waals surface area (Å²) in [6.07, 6.45) is 10.1. The van der Waals surface area contributed by atoms with Crippen molar-refractivity contribution in [3.8, 4) is 0 Å². The lowest BCUT2D eigenvalue weighted by atomic mass is 9.83. The van der Waals surface area contributed by atoms with Gasteiger partial charge in [0.15, 0.2) is 0 Å². The molecule has 2 aromatic rings. The predicted molar refractivity (Wildman–Crippen MR) is 123 cm³/mol. The zero-order chi connectivity index (χ0) is 20.1. The van der Waals surface area contributed by atoms with E-state index in [1.54, 1.807) is 11.5 Å². The molecule has 1 aromatic carbocycles. The van der Waals surface area contributed by atoms with Crippen LogP contribution in [0.2, 0.25) is 0 Å². The zero-order valence-electron chi connectivity index (χ0n) is 18.5. The zero-order valence-corrected chi connectivity index (χ0v) is 19.3. The fourth-order valence-electron chi connectivity index (χ4n) is 3.55. The SMILES string of the molecule is CCC(C)=CC=C(Cc1cc(C(C)C)c2sncc2c1C(C)CC)C(C)C. The van der Waals surface area contributed by atoms with Crippen LogP contribution in [-0.4, -0.2) is 4.37 Å². The van der Waals surface area contributed by atoms with E-state index in [1.165, 1.54) is 37.9 Å². The average molecular weight is 384 g/mol. The quantitative estimate of drug-likeness (QED) is 0.417. The fourth-order valence-corrected chi connectivity index (χ4v) is 4.47. The first-order chi connectivity index (χ1) is 12.8. The van der Waals surface area contributed by atoms with Crippen molar-refractivity contribution in [1.82, 2.24) is 4.37 Å². The second-order valence-corrected chi connectivity index (χ2v) is 9.31. The van der Waals surface area contributed by atoms with Gasteiger partial charge in [0, 0.05) is 11.6 Å². The Kier molecular flexibility index (Phi) is 7.85. The highest BCUT2D eigenvalue weighted by molar-refractivity contribution is 7.13. The molecule has 0 saturated heterocycles. The van der Waals surface area contributed by atoms with Crippen molar-refractivity contribution in [2.45, 2.75) is 86.5 Å². The third-order valence-corrected chi connectivity index (χ3v) is 6.65. The number of nitrogens with zero attached hydrogens (tertiary/aromatic N) is 1. The molecule has 1 atom stereocenters. The van der Waals surface area contributed by atoms with Crippen LogP contribution >= 0.6 is 11.5 Å². The van der Waals surface area contributed by atoms with Gasteiger partial charge in [0.2, 0.25) is 0 Å². The molecule has 0 saturated carbocycles. The van der Waals surface area contributed by atoms with Gasteiger partial charge in [-0.25, -0.2) is 0 Å². The minimum atomic E-state index is 0.520. The molecule has 0 bridgehead atoms. The molecule has 0 radical (unpaired) electrons. The van der Waals surface area contributed by atoms with Crippen LogP contribution in [0.1, 0.15) is 96.8 Å². The Balaban J connectivity index is 2.64. The second-order valence-electron chi connectivity index (χ2n) is 8.51. The Morgan fingerprint density at radius 2 is 1.81 bits per heavy atom. The smallest absolute Gasteiger partial charge is 0.0587 e. The van der Waals surface area contributed by atoms with Gasteiger partial charge in [-0.2, -0.15) is 4.37 Å². The summed E-state index contributed by atoms with van der Waals surface area (Å²) in [5, 5.41) is 1.39. The van der Waals surface area contributed by atoms with Crippen molar-refractivity contribution in [2.24, 2.45) is 5.92 Å². The van der Waals surface area contributed by atoms with E-state index < -0.39 is 0 Å². The Hall–Kier alpha value is -1.41. The standard InChI is InChI=1S/C25H37NS/c1-9-18(7)11-12-20(16(3)4)13-21-14-22(17(5)6)25-23(15-26-27-25)24(21)19(8)10-2/h11-12,14-17,19H,9-10,13H2,1-8H3. The van der Waals surface area contributed by atoms with Crippen LogP contribution in [0.4, 0.5) is 0 Å². The Morgan fingerprint density at radius 1 is 1.11 bits per heavy atom. The molecule has 2 heteroatoms. The second kappa shape index (κ2) is 9.68. The van der Waals surface area contributed by atoms with Crippen LogP contribution in [-0.2, 0) is 6.42 Å². The van der Waals surface area contributed by atoms with E-state index in [1.807, 2.05) is 0 Å². The van der Waals surface area contributed by atoms with Gasteiger partial charge < -0.3 is 0 Å². The van der Waals surface area contributed by atoms with E-state index in [9.17, 15) is 0 Å². The number of benzene rings is 1. The lowest BCUT2D eigenvalue weighted by Crippen LogP contribution is -2.06. The normalized spacial score (nSPS) is 14.6. The molecule has 0 aliphatic carbocycles. The van der Waals surface area contributed by atoms with Gasteiger partial charge in [-0.15, -0.1) is 0 Å². The summed E-state index contributed by atoms with van der Waals surface area (Å²) in [5.41, 5.74) is 7.44. The molecule has 0 N–H and O–H groups in total. The predicted octanol–water partition coefficient (Wildman–Crippen LogP) is 8.41. The molecule has 0 aliphatic heterocycles. The molecule has 0 spiro atoms. The third kappa shape index (κ3) is 5.10. The monoisotopic (exact) mass is 383 g/mol. The number of aromatic nitrogens is 1. The maximum atomic E-state index is 4.57. The van der Waals surface area contributed by atoms with Crippen molar-refractivity contribution in [3.63, 3.8) is 0 Å². The summed E-state index contributed by atoms with van der Waals surface area (Å²) in [4.78, 5) is 0. The lowest BCUT2D eigenvalue weighted by molar-refractivity contribution is 0.710. The summed E-state index contributed by atoms with van der Waals surface area (Å²) < 4.78 is 5.95. The van der Waals surface area contributed by atoms with Gasteiger partial charge in [-0.3, -0.25) is 0 Å². The molecule has 1 unspecified atom stereocenters. The Labute approximate surface area is 170 Å². The van der Waals surface area contributed by atoms with Crippen molar-refractivity contribution < 1.29 is 0 Å². The van der Waals surface area contributed by atoms with Gasteiger partial charge in [-0.1, -0.05) is 77.8 Å². The minimum Gasteiger partial charge on any atom is -0.200 e.